The average Bonchev–Trinajstić information content (AvgIpc) is 1.97. The van der Waals surface area contributed by atoms with Gasteiger partial charge in [0.05, 0.1) is 11.3 Å². The van der Waals surface area contributed by atoms with Crippen molar-refractivity contribution in [3.8, 4) is 5.75 Å². The Labute approximate surface area is 68.6 Å². The number of nitrogen functional groups attached to an aromatic ring is 1. The third kappa shape index (κ3) is 1.23. The van der Waals surface area contributed by atoms with E-state index in [0.717, 1.165) is 6.92 Å². The zero-order valence-corrected chi connectivity index (χ0v) is 6.47. The van der Waals surface area contributed by atoms with Gasteiger partial charge >= 0.3 is 0 Å². The minimum atomic E-state index is -0.859. The van der Waals surface area contributed by atoms with Gasteiger partial charge in [-0.2, -0.15) is 0 Å². The van der Waals surface area contributed by atoms with Gasteiger partial charge in [0.1, 0.15) is 5.75 Å². The molecule has 64 valence electrons. The second-order valence-electron chi connectivity index (χ2n) is 2.42. The Bertz CT molecular complexity index is 336. The molecule has 4 heteroatoms. The van der Waals surface area contributed by atoms with Crippen molar-refractivity contribution in [1.29, 1.82) is 0 Å². The van der Waals surface area contributed by atoms with Crippen molar-refractivity contribution in [3.63, 3.8) is 0 Å². The van der Waals surface area contributed by atoms with Crippen LogP contribution < -0.4 is 5.73 Å². The lowest BCUT2D eigenvalue weighted by atomic mass is 10.1. The number of aromatic hydroxyl groups is 1. The normalized spacial score (nSPS) is 9.83. The summed E-state index contributed by atoms with van der Waals surface area (Å²) in [6.07, 6.45) is 0. The molecule has 0 saturated heterocycles. The molecule has 0 atom stereocenters. The smallest absolute Gasteiger partial charge is 0.166 e. The summed E-state index contributed by atoms with van der Waals surface area (Å²) < 4.78 is 13.0. The molecule has 1 rings (SSSR count). The lowest BCUT2D eigenvalue weighted by Crippen LogP contribution is -2.01. The molecule has 3 N–H and O–H groups in total. The molecule has 3 nitrogen and oxygen atoms in total. The Morgan fingerprint density at radius 3 is 2.58 bits per heavy atom. The molecule has 0 amide bonds. The van der Waals surface area contributed by atoms with E-state index in [-0.39, 0.29) is 17.0 Å². The van der Waals surface area contributed by atoms with Crippen LogP contribution in [-0.4, -0.2) is 10.9 Å². The van der Waals surface area contributed by atoms with Crippen molar-refractivity contribution in [1.82, 2.24) is 0 Å². The number of anilines is 1. The van der Waals surface area contributed by atoms with Crippen molar-refractivity contribution < 1.29 is 14.3 Å². The molecule has 0 heterocycles. The van der Waals surface area contributed by atoms with Gasteiger partial charge in [-0.3, -0.25) is 4.79 Å². The van der Waals surface area contributed by atoms with Gasteiger partial charge < -0.3 is 10.8 Å². The fourth-order valence-corrected chi connectivity index (χ4v) is 0.917. The van der Waals surface area contributed by atoms with Crippen LogP contribution in [0.25, 0.3) is 0 Å². The number of rotatable bonds is 1. The number of carbonyl (C=O) groups is 1. The number of phenolic OH excluding ortho intramolecular Hbond substituents is 1. The van der Waals surface area contributed by atoms with Gasteiger partial charge in [0.15, 0.2) is 11.6 Å². The van der Waals surface area contributed by atoms with E-state index >= 15 is 0 Å². The number of ketones is 1. The maximum Gasteiger partial charge on any atom is 0.166 e. The number of benzene rings is 1. The van der Waals surface area contributed by atoms with Crippen LogP contribution in [0.1, 0.15) is 17.3 Å². The van der Waals surface area contributed by atoms with Crippen molar-refractivity contribution in [2.24, 2.45) is 0 Å². The largest absolute Gasteiger partial charge is 0.507 e. The zero-order valence-electron chi connectivity index (χ0n) is 6.47. The molecular weight excluding hydrogens is 161 g/mol. The third-order valence-corrected chi connectivity index (χ3v) is 1.50. The Morgan fingerprint density at radius 1 is 1.58 bits per heavy atom. The maximum absolute atomic E-state index is 13.0. The molecule has 0 aliphatic heterocycles. The lowest BCUT2D eigenvalue weighted by molar-refractivity contribution is 0.101. The van der Waals surface area contributed by atoms with Crippen LogP contribution in [0.5, 0.6) is 5.75 Å². The Morgan fingerprint density at radius 2 is 2.17 bits per heavy atom. The van der Waals surface area contributed by atoms with E-state index in [4.69, 9.17) is 10.8 Å². The second-order valence-corrected chi connectivity index (χ2v) is 2.42. The molecule has 0 spiro atoms. The number of nitrogens with two attached hydrogens (primary N) is 1. The van der Waals surface area contributed by atoms with Crippen molar-refractivity contribution in [3.05, 3.63) is 23.5 Å². The van der Waals surface area contributed by atoms with Crippen LogP contribution in [-0.2, 0) is 0 Å². The number of Topliss-reactive ketones (excluding diaryl/α,β-unsaturated/α-hetero) is 1. The summed E-state index contributed by atoms with van der Waals surface area (Å²) >= 11 is 0. The number of hydrogen-bond donors (Lipinski definition) is 2. The predicted octanol–water partition coefficient (Wildman–Crippen LogP) is 1.32. The number of phenols is 1. The fraction of sp³-hybridized carbons (Fsp3) is 0.125. The summed E-state index contributed by atoms with van der Waals surface area (Å²) in [5, 5.41) is 9.07. The summed E-state index contributed by atoms with van der Waals surface area (Å²) in [5.74, 6) is -1.78. The molecule has 1 aromatic carbocycles. The molecule has 0 aliphatic rings. The quantitative estimate of drug-likeness (QED) is 0.378. The Hall–Kier alpha value is -1.58. The monoisotopic (exact) mass is 169 g/mol. The Kier molecular flexibility index (Phi) is 1.99. The van der Waals surface area contributed by atoms with E-state index in [9.17, 15) is 9.18 Å². The van der Waals surface area contributed by atoms with Crippen LogP contribution in [0.3, 0.4) is 0 Å². The molecule has 12 heavy (non-hydrogen) atoms. The van der Waals surface area contributed by atoms with E-state index in [1.54, 1.807) is 0 Å². The van der Waals surface area contributed by atoms with E-state index < -0.39 is 11.6 Å². The first kappa shape index (κ1) is 8.52. The van der Waals surface area contributed by atoms with Crippen molar-refractivity contribution >= 4 is 11.5 Å². The van der Waals surface area contributed by atoms with Crippen molar-refractivity contribution in [2.75, 3.05) is 5.73 Å². The van der Waals surface area contributed by atoms with Gasteiger partial charge in [-0.1, -0.05) is 0 Å². The molecule has 0 unspecified atom stereocenters. The second kappa shape index (κ2) is 2.81. The number of halogens is 1. The summed E-state index contributed by atoms with van der Waals surface area (Å²) in [6, 6.07) is 2.40. The average molecular weight is 169 g/mol. The highest BCUT2D eigenvalue weighted by atomic mass is 19.1. The van der Waals surface area contributed by atoms with Gasteiger partial charge in [0, 0.05) is 0 Å². The minimum Gasteiger partial charge on any atom is -0.507 e. The van der Waals surface area contributed by atoms with E-state index in [1.807, 2.05) is 0 Å². The molecular formula is C8H8FNO2. The molecule has 0 aliphatic carbocycles. The highest BCUT2D eigenvalue weighted by molar-refractivity contribution is 5.97. The van der Waals surface area contributed by atoms with Crippen LogP contribution >= 0.6 is 0 Å². The maximum atomic E-state index is 13.0. The highest BCUT2D eigenvalue weighted by Gasteiger charge is 2.14. The van der Waals surface area contributed by atoms with E-state index in [1.165, 1.54) is 12.1 Å². The zero-order chi connectivity index (χ0) is 9.30. The van der Waals surface area contributed by atoms with Gasteiger partial charge in [-0.05, 0) is 19.1 Å². The molecule has 0 bridgehead atoms. The van der Waals surface area contributed by atoms with Crippen molar-refractivity contribution in [2.45, 2.75) is 6.92 Å². The standard InChI is InChI=1S/C8H8FNO2/c1-4(11)7-6(12)3-2-5(10)8(7)9/h2-3,12H,10H2,1H3. The first-order valence-electron chi connectivity index (χ1n) is 3.32. The van der Waals surface area contributed by atoms with Crippen LogP contribution in [0.4, 0.5) is 10.1 Å². The highest BCUT2D eigenvalue weighted by Crippen LogP contribution is 2.24. The molecule has 0 aromatic heterocycles. The summed E-state index contributed by atoms with van der Waals surface area (Å²) in [7, 11) is 0. The minimum absolute atomic E-state index is 0.141. The number of hydrogen-bond acceptors (Lipinski definition) is 3. The lowest BCUT2D eigenvalue weighted by Gasteiger charge is -2.03. The first-order valence-corrected chi connectivity index (χ1v) is 3.32. The van der Waals surface area contributed by atoms with Gasteiger partial charge in [0.25, 0.3) is 0 Å². The fourth-order valence-electron chi connectivity index (χ4n) is 0.917. The summed E-state index contributed by atoms with van der Waals surface area (Å²) in [5.41, 5.74) is 4.70. The summed E-state index contributed by atoms with van der Waals surface area (Å²) in [6.45, 7) is 1.16. The molecule has 0 saturated carbocycles. The third-order valence-electron chi connectivity index (χ3n) is 1.50. The molecule has 0 fully saturated rings. The van der Waals surface area contributed by atoms with Crippen LogP contribution in [0.15, 0.2) is 12.1 Å². The van der Waals surface area contributed by atoms with Gasteiger partial charge in [-0.15, -0.1) is 0 Å². The van der Waals surface area contributed by atoms with E-state index in [2.05, 4.69) is 0 Å². The van der Waals surface area contributed by atoms with Crippen LogP contribution in [0, 0.1) is 5.82 Å². The number of carbonyl (C=O) groups excluding carboxylic acids is 1. The Balaban J connectivity index is 3.43. The SMILES string of the molecule is CC(=O)c1c(O)ccc(N)c1F. The predicted molar refractivity (Wildman–Crippen MR) is 42.5 cm³/mol. The van der Waals surface area contributed by atoms with Crippen LogP contribution in [0.2, 0.25) is 0 Å². The topological polar surface area (TPSA) is 63.3 Å². The van der Waals surface area contributed by atoms with Gasteiger partial charge in [0.2, 0.25) is 0 Å². The van der Waals surface area contributed by atoms with Gasteiger partial charge in [-0.25, -0.2) is 4.39 Å². The molecule has 1 aromatic rings. The molecule has 0 radical (unpaired) electrons. The van der Waals surface area contributed by atoms with E-state index in [0.29, 0.717) is 0 Å². The first-order chi connectivity index (χ1) is 5.54. The summed E-state index contributed by atoms with van der Waals surface area (Å²) in [4.78, 5) is 10.8.